The van der Waals surface area contributed by atoms with E-state index in [-0.39, 0.29) is 18.2 Å². The number of nitrogens with zero attached hydrogens (tertiary/aromatic N) is 5. The average Bonchev–Trinajstić information content (AvgIpc) is 3.31. The molecular formula is C19H23ClN6O2. The Balaban J connectivity index is 1.57. The molecule has 4 rings (SSSR count). The molecule has 2 aromatic heterocycles. The van der Waals surface area contributed by atoms with Gasteiger partial charge in [0, 0.05) is 37.6 Å². The SMILES string of the molecule is CCn1nc(CC(=O)NC)nc1C1CCCN(c2nc3cc(Cl)ccc3o2)C1. The number of oxazole rings is 1. The minimum Gasteiger partial charge on any atom is -0.423 e. The third kappa shape index (κ3) is 3.69. The number of benzene rings is 1. The molecule has 0 radical (unpaired) electrons. The summed E-state index contributed by atoms with van der Waals surface area (Å²) in [5.74, 6) is 1.60. The van der Waals surface area contributed by atoms with E-state index in [1.807, 2.05) is 23.7 Å². The number of nitrogens with one attached hydrogen (secondary N) is 1. The van der Waals surface area contributed by atoms with Crippen LogP contribution in [0.4, 0.5) is 6.01 Å². The van der Waals surface area contributed by atoms with Gasteiger partial charge in [0.2, 0.25) is 5.91 Å². The highest BCUT2D eigenvalue weighted by Crippen LogP contribution is 2.31. The first-order chi connectivity index (χ1) is 13.6. The van der Waals surface area contributed by atoms with Gasteiger partial charge in [0.1, 0.15) is 11.3 Å². The second kappa shape index (κ2) is 7.79. The van der Waals surface area contributed by atoms with E-state index >= 15 is 0 Å². The zero-order chi connectivity index (χ0) is 19.7. The molecule has 3 aromatic rings. The summed E-state index contributed by atoms with van der Waals surface area (Å²) in [6.45, 7) is 4.38. The summed E-state index contributed by atoms with van der Waals surface area (Å²) in [7, 11) is 1.62. The maximum absolute atomic E-state index is 11.7. The molecule has 9 heteroatoms. The monoisotopic (exact) mass is 402 g/mol. The van der Waals surface area contributed by atoms with Crippen LogP contribution in [-0.2, 0) is 17.8 Å². The number of halogens is 1. The average molecular weight is 403 g/mol. The van der Waals surface area contributed by atoms with Crippen LogP contribution in [0, 0.1) is 0 Å². The fraction of sp³-hybridized carbons (Fsp3) is 0.474. The lowest BCUT2D eigenvalue weighted by Crippen LogP contribution is -2.35. The number of rotatable bonds is 5. The number of aryl methyl sites for hydroxylation is 1. The Morgan fingerprint density at radius 1 is 1.39 bits per heavy atom. The smallest absolute Gasteiger partial charge is 0.298 e. The number of hydrogen-bond donors (Lipinski definition) is 1. The van der Waals surface area contributed by atoms with E-state index < -0.39 is 0 Å². The van der Waals surface area contributed by atoms with E-state index in [9.17, 15) is 4.79 Å². The first-order valence-electron chi connectivity index (χ1n) is 9.52. The first-order valence-corrected chi connectivity index (χ1v) is 9.90. The molecular weight excluding hydrogens is 380 g/mol. The fourth-order valence-corrected chi connectivity index (χ4v) is 3.80. The molecule has 3 heterocycles. The van der Waals surface area contributed by atoms with Crippen molar-refractivity contribution >= 4 is 34.6 Å². The Bertz CT molecular complexity index is 998. The summed E-state index contributed by atoms with van der Waals surface area (Å²) in [5.41, 5.74) is 1.49. The summed E-state index contributed by atoms with van der Waals surface area (Å²) >= 11 is 6.06. The number of likely N-dealkylation sites (N-methyl/N-ethyl adjacent to an activating group) is 1. The quantitative estimate of drug-likeness (QED) is 0.705. The van der Waals surface area contributed by atoms with E-state index in [2.05, 4.69) is 25.3 Å². The molecule has 0 saturated carbocycles. The minimum atomic E-state index is -0.0878. The Kier molecular flexibility index (Phi) is 5.21. The van der Waals surface area contributed by atoms with Crippen LogP contribution in [0.1, 0.15) is 37.3 Å². The van der Waals surface area contributed by atoms with Gasteiger partial charge in [-0.05, 0) is 38.0 Å². The number of anilines is 1. The molecule has 1 unspecified atom stereocenters. The zero-order valence-electron chi connectivity index (χ0n) is 16.0. The van der Waals surface area contributed by atoms with Crippen LogP contribution in [0.3, 0.4) is 0 Å². The Morgan fingerprint density at radius 2 is 2.25 bits per heavy atom. The third-order valence-electron chi connectivity index (χ3n) is 5.04. The van der Waals surface area contributed by atoms with Crippen LogP contribution in [0.5, 0.6) is 0 Å². The Hall–Kier alpha value is -2.61. The van der Waals surface area contributed by atoms with Crippen molar-refractivity contribution in [2.45, 2.75) is 38.6 Å². The van der Waals surface area contributed by atoms with E-state index in [4.69, 9.17) is 16.0 Å². The molecule has 28 heavy (non-hydrogen) atoms. The summed E-state index contributed by atoms with van der Waals surface area (Å²) in [5, 5.41) is 7.77. The number of aromatic nitrogens is 4. The molecule has 8 nitrogen and oxygen atoms in total. The number of carbonyl (C=O) groups is 1. The van der Waals surface area contributed by atoms with Gasteiger partial charge in [-0.25, -0.2) is 9.67 Å². The summed E-state index contributed by atoms with van der Waals surface area (Å²) in [6, 6.07) is 6.06. The van der Waals surface area contributed by atoms with Crippen LogP contribution in [0.25, 0.3) is 11.1 Å². The van der Waals surface area contributed by atoms with Crippen molar-refractivity contribution in [1.29, 1.82) is 0 Å². The van der Waals surface area contributed by atoms with Gasteiger partial charge >= 0.3 is 0 Å². The number of carbonyl (C=O) groups excluding carboxylic acids is 1. The molecule has 0 bridgehead atoms. The lowest BCUT2D eigenvalue weighted by Gasteiger charge is -2.31. The van der Waals surface area contributed by atoms with Gasteiger partial charge in [-0.1, -0.05) is 11.6 Å². The second-order valence-corrected chi connectivity index (χ2v) is 7.38. The lowest BCUT2D eigenvalue weighted by molar-refractivity contribution is -0.120. The predicted molar refractivity (Wildman–Crippen MR) is 107 cm³/mol. The zero-order valence-corrected chi connectivity index (χ0v) is 16.7. The van der Waals surface area contributed by atoms with Gasteiger partial charge in [-0.2, -0.15) is 10.1 Å². The van der Waals surface area contributed by atoms with Crippen molar-refractivity contribution < 1.29 is 9.21 Å². The number of piperidine rings is 1. The van der Waals surface area contributed by atoms with Crippen LogP contribution in [0.15, 0.2) is 22.6 Å². The molecule has 1 fully saturated rings. The summed E-state index contributed by atoms with van der Waals surface area (Å²) in [4.78, 5) is 23.1. The van der Waals surface area contributed by atoms with Gasteiger partial charge in [0.25, 0.3) is 6.01 Å². The van der Waals surface area contributed by atoms with E-state index in [0.717, 1.165) is 42.9 Å². The van der Waals surface area contributed by atoms with Crippen molar-refractivity contribution in [3.63, 3.8) is 0 Å². The predicted octanol–water partition coefficient (Wildman–Crippen LogP) is 2.77. The van der Waals surface area contributed by atoms with Gasteiger partial charge in [0.05, 0.1) is 6.42 Å². The van der Waals surface area contributed by atoms with E-state index in [1.54, 1.807) is 13.1 Å². The number of amides is 1. The maximum atomic E-state index is 11.7. The molecule has 1 atom stereocenters. The maximum Gasteiger partial charge on any atom is 0.298 e. The molecule has 1 saturated heterocycles. The molecule has 1 aromatic carbocycles. The molecule has 1 aliphatic heterocycles. The van der Waals surface area contributed by atoms with Crippen molar-refractivity contribution in [3.05, 3.63) is 34.9 Å². The molecule has 148 valence electrons. The standard InChI is InChI=1S/C19H23ClN6O2/c1-3-26-18(23-16(24-26)10-17(27)21-2)12-5-4-8-25(11-12)19-22-14-9-13(20)6-7-15(14)28-19/h6-7,9,12H,3-5,8,10-11H2,1-2H3,(H,21,27). The van der Waals surface area contributed by atoms with Crippen molar-refractivity contribution in [2.75, 3.05) is 25.0 Å². The number of fused-ring (bicyclic) bond motifs is 1. The van der Waals surface area contributed by atoms with Crippen molar-refractivity contribution in [2.24, 2.45) is 0 Å². The molecule has 1 amide bonds. The van der Waals surface area contributed by atoms with E-state index in [0.29, 0.717) is 23.4 Å². The Morgan fingerprint density at radius 3 is 3.04 bits per heavy atom. The van der Waals surface area contributed by atoms with E-state index in [1.165, 1.54) is 0 Å². The third-order valence-corrected chi connectivity index (χ3v) is 5.27. The normalized spacial score (nSPS) is 17.2. The molecule has 0 aliphatic carbocycles. The lowest BCUT2D eigenvalue weighted by atomic mass is 9.97. The van der Waals surface area contributed by atoms with Crippen molar-refractivity contribution in [3.8, 4) is 0 Å². The first kappa shape index (κ1) is 18.7. The van der Waals surface area contributed by atoms with Gasteiger partial charge < -0.3 is 14.6 Å². The topological polar surface area (TPSA) is 89.1 Å². The largest absolute Gasteiger partial charge is 0.423 e. The summed E-state index contributed by atoms with van der Waals surface area (Å²) < 4.78 is 7.84. The molecule has 0 spiro atoms. The van der Waals surface area contributed by atoms with Crippen LogP contribution < -0.4 is 10.2 Å². The number of hydrogen-bond acceptors (Lipinski definition) is 6. The van der Waals surface area contributed by atoms with Gasteiger partial charge in [-0.15, -0.1) is 0 Å². The van der Waals surface area contributed by atoms with Crippen LogP contribution in [-0.4, -0.2) is 45.8 Å². The molecule has 1 N–H and O–H groups in total. The van der Waals surface area contributed by atoms with Crippen LogP contribution >= 0.6 is 11.6 Å². The highest BCUT2D eigenvalue weighted by Gasteiger charge is 2.28. The van der Waals surface area contributed by atoms with Gasteiger partial charge in [0.15, 0.2) is 11.4 Å². The highest BCUT2D eigenvalue weighted by molar-refractivity contribution is 6.31. The molecule has 1 aliphatic rings. The van der Waals surface area contributed by atoms with Crippen molar-refractivity contribution in [1.82, 2.24) is 25.1 Å². The van der Waals surface area contributed by atoms with Gasteiger partial charge in [-0.3, -0.25) is 4.79 Å². The summed E-state index contributed by atoms with van der Waals surface area (Å²) in [6.07, 6.45) is 2.21. The highest BCUT2D eigenvalue weighted by atomic mass is 35.5. The second-order valence-electron chi connectivity index (χ2n) is 6.95. The Labute approximate surface area is 167 Å². The minimum absolute atomic E-state index is 0.0878. The fourth-order valence-electron chi connectivity index (χ4n) is 3.63. The van der Waals surface area contributed by atoms with Crippen LogP contribution in [0.2, 0.25) is 5.02 Å².